The van der Waals surface area contributed by atoms with Gasteiger partial charge in [0, 0.05) is 7.92 Å². The second-order valence-electron chi connectivity index (χ2n) is 15.8. The number of rotatable bonds is 8. The fourth-order valence-electron chi connectivity index (χ4n) is 8.05. The Bertz CT molecular complexity index is 1740. The van der Waals surface area contributed by atoms with Crippen molar-refractivity contribution in [1.29, 1.82) is 0 Å². The Kier molecular flexibility index (Phi) is 18.4. The minimum Gasteiger partial charge on any atom is -0.706 e. The number of nitrogens with one attached hydrogen (secondary N) is 1. The molecule has 0 unspecified atom stereocenters. The molecule has 4 aromatic rings. The molecule has 0 heterocycles. The zero-order valence-corrected chi connectivity index (χ0v) is 36.4. The first kappa shape index (κ1) is 45.1. The third-order valence-corrected chi connectivity index (χ3v) is 14.5. The van der Waals surface area contributed by atoms with Gasteiger partial charge in [-0.05, 0) is 109 Å². The summed E-state index contributed by atoms with van der Waals surface area (Å²) in [6.45, 7) is 14.2. The molecule has 6 rings (SSSR count). The summed E-state index contributed by atoms with van der Waals surface area (Å²) >= 11 is 0. The van der Waals surface area contributed by atoms with Crippen LogP contribution in [-0.2, 0) is 30.5 Å². The summed E-state index contributed by atoms with van der Waals surface area (Å²) in [5.41, 5.74) is 19.8. The molecule has 7 heteroatoms. The molecule has 2 aliphatic rings. The van der Waals surface area contributed by atoms with Crippen molar-refractivity contribution in [1.82, 2.24) is 0 Å². The molecule has 0 bridgehead atoms. The van der Waals surface area contributed by atoms with Gasteiger partial charge in [0.2, 0.25) is 0 Å². The van der Waals surface area contributed by atoms with E-state index in [1.165, 1.54) is 75.3 Å². The largest absolute Gasteiger partial charge is 2.00 e. The van der Waals surface area contributed by atoms with Gasteiger partial charge in [-0.15, -0.1) is 41.5 Å². The summed E-state index contributed by atoms with van der Waals surface area (Å²) in [4.78, 5) is 0. The SMILES string of the molecule is CC(C)c1cc(C(C)C)c(-c2cccc([PH+](C3CCCCC3)C3CCCCC3)c2)c(C(C)C)c1.CS(=O)(=O)O.[NH-]c1ccccc1-c1[c-]cccc1.[Pd+2]. The summed E-state index contributed by atoms with van der Waals surface area (Å²) in [7, 11) is -4.21. The van der Waals surface area contributed by atoms with Crippen molar-refractivity contribution in [3.63, 3.8) is 0 Å². The number of benzene rings is 4. The van der Waals surface area contributed by atoms with Gasteiger partial charge in [0.15, 0.2) is 0 Å². The summed E-state index contributed by atoms with van der Waals surface area (Å²) in [5, 5.41) is 1.75. The van der Waals surface area contributed by atoms with E-state index in [1.54, 1.807) is 28.1 Å². The Morgan fingerprint density at radius 1 is 0.698 bits per heavy atom. The molecule has 2 aliphatic carbocycles. The van der Waals surface area contributed by atoms with Crippen molar-refractivity contribution in [3.05, 3.63) is 113 Å². The van der Waals surface area contributed by atoms with Crippen molar-refractivity contribution >= 4 is 29.0 Å². The van der Waals surface area contributed by atoms with E-state index in [2.05, 4.69) is 84.0 Å². The Labute approximate surface area is 337 Å². The number of hydrogen-bond acceptors (Lipinski definition) is 2. The fourth-order valence-corrected chi connectivity index (χ4v) is 12.3. The standard InChI is InChI=1S/C33H49P.C12H9N.CH4O3S.Pd/c1-23(2)27-21-31(24(3)4)33(32(22-27)25(5)6)26-14-13-19-30(20-26)34(28-15-9-7-10-16-28)29-17-11-8-12-18-29;13-12-9-5-4-8-11(12)10-6-2-1-3-7-10;1-5(2,3)4;/h13-14,19-25,28-29H,7-12,15-18H2,1-6H3;1-6,8-9,13H;1H3,(H,2,3,4);/q;-2;;+2/p+1. The molecule has 0 atom stereocenters. The van der Waals surface area contributed by atoms with Crippen LogP contribution in [0.25, 0.3) is 28.0 Å². The topological polar surface area (TPSA) is 78.2 Å². The molecule has 2 N–H and O–H groups in total. The molecule has 4 nitrogen and oxygen atoms in total. The molecule has 0 amide bonds. The molecular formula is C46H63NO3PPdS+. The van der Waals surface area contributed by atoms with E-state index in [1.807, 2.05) is 42.5 Å². The zero-order valence-electron chi connectivity index (χ0n) is 33.0. The van der Waals surface area contributed by atoms with Gasteiger partial charge in [0.25, 0.3) is 10.1 Å². The van der Waals surface area contributed by atoms with Gasteiger partial charge < -0.3 is 5.73 Å². The molecule has 53 heavy (non-hydrogen) atoms. The van der Waals surface area contributed by atoms with Gasteiger partial charge >= 0.3 is 20.4 Å². The predicted molar refractivity (Wildman–Crippen MR) is 228 cm³/mol. The van der Waals surface area contributed by atoms with Gasteiger partial charge in [-0.1, -0.05) is 103 Å². The maximum atomic E-state index is 9.19. The van der Waals surface area contributed by atoms with Crippen LogP contribution in [0.1, 0.15) is 140 Å². The van der Waals surface area contributed by atoms with Crippen LogP contribution in [0, 0.1) is 6.07 Å². The average Bonchev–Trinajstić information content (AvgIpc) is 3.12. The van der Waals surface area contributed by atoms with Crippen molar-refractivity contribution in [3.8, 4) is 22.3 Å². The first-order valence-corrected chi connectivity index (χ1v) is 23.1. The molecule has 0 aromatic heterocycles. The molecule has 0 aliphatic heterocycles. The van der Waals surface area contributed by atoms with E-state index in [-0.39, 0.29) is 20.4 Å². The van der Waals surface area contributed by atoms with Gasteiger partial charge in [0.1, 0.15) is 0 Å². The van der Waals surface area contributed by atoms with E-state index >= 15 is 0 Å². The maximum absolute atomic E-state index is 9.19. The van der Waals surface area contributed by atoms with Gasteiger partial charge in [-0.3, -0.25) is 4.55 Å². The minimum absolute atomic E-state index is 0. The monoisotopic (exact) mass is 846 g/mol. The number of hydrogen-bond donors (Lipinski definition) is 1. The van der Waals surface area contributed by atoms with Crippen LogP contribution < -0.4 is 5.30 Å². The third-order valence-electron chi connectivity index (χ3n) is 10.6. The summed E-state index contributed by atoms with van der Waals surface area (Å²) in [6.07, 6.45) is 15.5. The van der Waals surface area contributed by atoms with Gasteiger partial charge in [-0.25, -0.2) is 0 Å². The second-order valence-corrected chi connectivity index (χ2v) is 20.4. The molecular weight excluding hydrogens is 784 g/mol. The van der Waals surface area contributed by atoms with Crippen LogP contribution in [0.4, 0.5) is 5.69 Å². The molecule has 0 spiro atoms. The van der Waals surface area contributed by atoms with E-state index in [9.17, 15) is 8.42 Å². The second kappa shape index (κ2) is 21.7. The molecule has 2 saturated carbocycles. The summed E-state index contributed by atoms with van der Waals surface area (Å²) < 4.78 is 25.9. The summed E-state index contributed by atoms with van der Waals surface area (Å²) in [5.74, 6) is 1.65. The molecule has 0 saturated heterocycles. The fraction of sp³-hybridized carbons (Fsp3) is 0.478. The molecule has 290 valence electrons. The first-order chi connectivity index (χ1) is 24.7. The van der Waals surface area contributed by atoms with Crippen LogP contribution >= 0.6 is 7.92 Å². The molecule has 0 radical (unpaired) electrons. The van der Waals surface area contributed by atoms with E-state index < -0.39 is 18.0 Å². The van der Waals surface area contributed by atoms with Crippen LogP contribution in [0.5, 0.6) is 0 Å². The Hall–Kier alpha value is -2.32. The van der Waals surface area contributed by atoms with Crippen LogP contribution in [-0.4, -0.2) is 30.5 Å². The van der Waals surface area contributed by atoms with Crippen LogP contribution in [0.3, 0.4) is 0 Å². The first-order valence-electron chi connectivity index (χ1n) is 19.6. The van der Waals surface area contributed by atoms with Crippen LogP contribution in [0.15, 0.2) is 84.9 Å². The Morgan fingerprint density at radius 3 is 1.66 bits per heavy atom. The third kappa shape index (κ3) is 13.7. The molecule has 4 aromatic carbocycles. The van der Waals surface area contributed by atoms with Crippen molar-refractivity contribution in [2.24, 2.45) is 0 Å². The van der Waals surface area contributed by atoms with Crippen LogP contribution in [0.2, 0.25) is 0 Å². The van der Waals surface area contributed by atoms with Crippen molar-refractivity contribution < 1.29 is 33.4 Å². The Morgan fingerprint density at radius 2 is 1.21 bits per heavy atom. The summed E-state index contributed by atoms with van der Waals surface area (Å²) in [6, 6.07) is 33.4. The molecule has 2 fully saturated rings. The van der Waals surface area contributed by atoms with E-state index in [4.69, 9.17) is 10.3 Å². The van der Waals surface area contributed by atoms with E-state index in [0.29, 0.717) is 29.7 Å². The maximum Gasteiger partial charge on any atom is 2.00 e. The average molecular weight is 847 g/mol. The van der Waals surface area contributed by atoms with Gasteiger partial charge in [0.05, 0.1) is 22.9 Å². The Balaban J connectivity index is 0.000000327. The quantitative estimate of drug-likeness (QED) is 0.0830. The van der Waals surface area contributed by atoms with Gasteiger partial charge in [-0.2, -0.15) is 14.1 Å². The normalized spacial score (nSPS) is 15.4. The predicted octanol–water partition coefficient (Wildman–Crippen LogP) is 13.6. The van der Waals surface area contributed by atoms with Crippen molar-refractivity contribution in [2.45, 2.75) is 135 Å². The smallest absolute Gasteiger partial charge is 0.706 e. The van der Waals surface area contributed by atoms with Crippen molar-refractivity contribution in [2.75, 3.05) is 6.26 Å². The van der Waals surface area contributed by atoms with E-state index in [0.717, 1.165) is 22.4 Å². The zero-order chi connectivity index (χ0) is 37.8. The minimum atomic E-state index is -3.67.